The van der Waals surface area contributed by atoms with Crippen molar-refractivity contribution in [2.75, 3.05) is 6.61 Å². The van der Waals surface area contributed by atoms with Crippen LogP contribution in [-0.4, -0.2) is 27.0 Å². The van der Waals surface area contributed by atoms with Gasteiger partial charge in [-0.15, -0.1) is 0 Å². The molecule has 0 atom stereocenters. The fraction of sp³-hybridized carbons (Fsp3) is 0.350. The largest absolute Gasteiger partial charge is 0.492 e. The summed E-state index contributed by atoms with van der Waals surface area (Å²) in [5, 5.41) is 3.78. The minimum atomic E-state index is -3.46. The molecule has 2 N–H and O–H groups in total. The molecule has 1 aliphatic rings. The van der Waals surface area contributed by atoms with Gasteiger partial charge in [0.1, 0.15) is 5.75 Å². The molecule has 1 amide bonds. The molecule has 0 saturated heterocycles. The molecule has 0 aromatic heterocycles. The van der Waals surface area contributed by atoms with Crippen LogP contribution in [0.4, 0.5) is 0 Å². The highest BCUT2D eigenvalue weighted by molar-refractivity contribution is 7.89. The summed E-state index contributed by atoms with van der Waals surface area (Å²) >= 11 is 11.9. The lowest BCUT2D eigenvalue weighted by molar-refractivity contribution is -0.121. The first-order valence-corrected chi connectivity index (χ1v) is 11.5. The monoisotopic (exact) mass is 456 g/mol. The van der Waals surface area contributed by atoms with Gasteiger partial charge in [-0.05, 0) is 55.2 Å². The van der Waals surface area contributed by atoms with Gasteiger partial charge in [-0.1, -0.05) is 35.3 Å². The number of hydrogen-bond donors (Lipinski definition) is 2. The van der Waals surface area contributed by atoms with Gasteiger partial charge in [0, 0.05) is 24.0 Å². The number of carbonyl (C=O) groups is 1. The third-order valence-corrected chi connectivity index (χ3v) is 6.39. The second kappa shape index (κ2) is 9.80. The highest BCUT2D eigenvalue weighted by Gasteiger charge is 2.27. The highest BCUT2D eigenvalue weighted by atomic mass is 35.5. The van der Waals surface area contributed by atoms with Crippen molar-refractivity contribution in [3.05, 3.63) is 58.1 Å². The molecule has 0 bridgehead atoms. The molecular formula is C20H22Cl2N2O4S. The van der Waals surface area contributed by atoms with E-state index in [9.17, 15) is 13.2 Å². The van der Waals surface area contributed by atoms with E-state index in [4.69, 9.17) is 27.9 Å². The number of rotatable bonds is 10. The van der Waals surface area contributed by atoms with Crippen LogP contribution < -0.4 is 14.8 Å². The van der Waals surface area contributed by atoms with E-state index < -0.39 is 10.0 Å². The van der Waals surface area contributed by atoms with Crippen molar-refractivity contribution >= 4 is 39.1 Å². The lowest BCUT2D eigenvalue weighted by atomic mass is 10.2. The van der Waals surface area contributed by atoms with E-state index in [0.29, 0.717) is 41.8 Å². The Labute approximate surface area is 180 Å². The number of ether oxygens (including phenoxy) is 1. The zero-order chi connectivity index (χ0) is 20.9. The highest BCUT2D eigenvalue weighted by Crippen LogP contribution is 2.27. The number of amides is 1. The number of nitrogens with one attached hydrogen (secondary N) is 2. The van der Waals surface area contributed by atoms with Gasteiger partial charge in [-0.3, -0.25) is 4.79 Å². The third-order valence-electron chi connectivity index (χ3n) is 4.32. The first-order valence-electron chi connectivity index (χ1n) is 9.29. The standard InChI is InChI=1S/C20H22Cl2N2O4S/c21-15-5-10-19(18(22)12-15)28-11-1-2-20(25)23-13-14-3-8-17(9-4-14)29(26,27)24-16-6-7-16/h3-5,8-10,12,16,24H,1-2,6-7,11,13H2,(H,23,25). The predicted octanol–water partition coefficient (Wildman–Crippen LogP) is 3.91. The van der Waals surface area contributed by atoms with E-state index in [0.717, 1.165) is 18.4 Å². The van der Waals surface area contributed by atoms with E-state index >= 15 is 0 Å². The summed E-state index contributed by atoms with van der Waals surface area (Å²) in [6.07, 6.45) is 2.63. The molecule has 0 heterocycles. The predicted molar refractivity (Wildman–Crippen MR) is 113 cm³/mol. The van der Waals surface area contributed by atoms with E-state index in [2.05, 4.69) is 10.0 Å². The maximum atomic E-state index is 12.1. The maximum absolute atomic E-state index is 12.1. The van der Waals surface area contributed by atoms with E-state index in [1.54, 1.807) is 42.5 Å². The Morgan fingerprint density at radius 2 is 1.83 bits per heavy atom. The van der Waals surface area contributed by atoms with Crippen molar-refractivity contribution in [3.8, 4) is 5.75 Å². The van der Waals surface area contributed by atoms with Crippen molar-refractivity contribution in [3.63, 3.8) is 0 Å². The van der Waals surface area contributed by atoms with Crippen LogP contribution in [0.25, 0.3) is 0 Å². The van der Waals surface area contributed by atoms with Crippen molar-refractivity contribution < 1.29 is 17.9 Å². The molecule has 2 aromatic carbocycles. The van der Waals surface area contributed by atoms with Crippen LogP contribution >= 0.6 is 23.2 Å². The fourth-order valence-corrected chi connectivity index (χ4v) is 4.34. The molecule has 1 saturated carbocycles. The minimum absolute atomic E-state index is 0.0682. The Balaban J connectivity index is 1.37. The Morgan fingerprint density at radius 1 is 1.10 bits per heavy atom. The van der Waals surface area contributed by atoms with Crippen LogP contribution in [0.3, 0.4) is 0 Å². The quantitative estimate of drug-likeness (QED) is 0.530. The SMILES string of the molecule is O=C(CCCOc1ccc(Cl)cc1Cl)NCc1ccc(S(=O)(=O)NC2CC2)cc1. The second-order valence-electron chi connectivity index (χ2n) is 6.84. The van der Waals surface area contributed by atoms with Gasteiger partial charge in [-0.2, -0.15) is 0 Å². The van der Waals surface area contributed by atoms with Gasteiger partial charge in [0.2, 0.25) is 15.9 Å². The average molecular weight is 457 g/mol. The van der Waals surface area contributed by atoms with Crippen LogP contribution in [0, 0.1) is 0 Å². The molecule has 3 rings (SSSR count). The Kier molecular flexibility index (Phi) is 7.40. The topological polar surface area (TPSA) is 84.5 Å². The Hall–Kier alpha value is -1.80. The lowest BCUT2D eigenvalue weighted by Gasteiger charge is -2.09. The molecule has 29 heavy (non-hydrogen) atoms. The summed E-state index contributed by atoms with van der Waals surface area (Å²) in [5.74, 6) is 0.422. The van der Waals surface area contributed by atoms with E-state index in [-0.39, 0.29) is 16.8 Å². The zero-order valence-electron chi connectivity index (χ0n) is 15.7. The summed E-state index contributed by atoms with van der Waals surface area (Å²) in [5.41, 5.74) is 0.827. The summed E-state index contributed by atoms with van der Waals surface area (Å²) in [6, 6.07) is 11.6. The van der Waals surface area contributed by atoms with Crippen LogP contribution in [0.15, 0.2) is 47.4 Å². The second-order valence-corrected chi connectivity index (χ2v) is 9.40. The van der Waals surface area contributed by atoms with Crippen molar-refractivity contribution in [2.24, 2.45) is 0 Å². The van der Waals surface area contributed by atoms with Gasteiger partial charge in [0.05, 0.1) is 16.5 Å². The fourth-order valence-electron chi connectivity index (χ4n) is 2.57. The molecule has 1 fully saturated rings. The molecule has 1 aliphatic carbocycles. The average Bonchev–Trinajstić information content (AvgIpc) is 3.48. The van der Waals surface area contributed by atoms with Crippen LogP contribution in [0.1, 0.15) is 31.2 Å². The lowest BCUT2D eigenvalue weighted by Crippen LogP contribution is -2.26. The first kappa shape index (κ1) is 21.9. The van der Waals surface area contributed by atoms with Gasteiger partial charge in [0.25, 0.3) is 0 Å². The third kappa shape index (κ3) is 6.89. The summed E-state index contributed by atoms with van der Waals surface area (Å²) in [6.45, 7) is 0.689. The number of sulfonamides is 1. The summed E-state index contributed by atoms with van der Waals surface area (Å²) in [4.78, 5) is 12.2. The number of hydrogen-bond acceptors (Lipinski definition) is 4. The Bertz CT molecular complexity index is 961. The molecular weight excluding hydrogens is 435 g/mol. The van der Waals surface area contributed by atoms with Crippen LogP contribution in [0.2, 0.25) is 10.0 Å². The molecule has 0 unspecified atom stereocenters. The van der Waals surface area contributed by atoms with Crippen molar-refractivity contribution in [1.82, 2.24) is 10.0 Å². The maximum Gasteiger partial charge on any atom is 0.240 e. The first-order chi connectivity index (χ1) is 13.8. The molecule has 0 spiro atoms. The van der Waals surface area contributed by atoms with Gasteiger partial charge < -0.3 is 10.1 Å². The van der Waals surface area contributed by atoms with Crippen molar-refractivity contribution in [1.29, 1.82) is 0 Å². The molecule has 2 aromatic rings. The molecule has 0 radical (unpaired) electrons. The van der Waals surface area contributed by atoms with Crippen molar-refractivity contribution in [2.45, 2.75) is 43.2 Å². The summed E-state index contributed by atoms with van der Waals surface area (Å²) in [7, 11) is -3.46. The summed E-state index contributed by atoms with van der Waals surface area (Å²) < 4.78 is 32.5. The number of benzene rings is 2. The Morgan fingerprint density at radius 3 is 2.48 bits per heavy atom. The molecule has 156 valence electrons. The van der Waals surface area contributed by atoms with E-state index in [1.165, 1.54) is 0 Å². The number of carbonyl (C=O) groups excluding carboxylic acids is 1. The number of halogens is 2. The van der Waals surface area contributed by atoms with Gasteiger partial charge in [0.15, 0.2) is 0 Å². The van der Waals surface area contributed by atoms with Crippen LogP contribution in [0.5, 0.6) is 5.75 Å². The van der Waals surface area contributed by atoms with Crippen LogP contribution in [-0.2, 0) is 21.4 Å². The smallest absolute Gasteiger partial charge is 0.240 e. The molecule has 0 aliphatic heterocycles. The molecule has 9 heteroatoms. The minimum Gasteiger partial charge on any atom is -0.492 e. The van der Waals surface area contributed by atoms with Gasteiger partial charge in [-0.25, -0.2) is 13.1 Å². The molecule has 6 nitrogen and oxygen atoms in total. The normalized spacial score (nSPS) is 13.9. The van der Waals surface area contributed by atoms with Gasteiger partial charge >= 0.3 is 0 Å². The zero-order valence-corrected chi connectivity index (χ0v) is 18.0. The van der Waals surface area contributed by atoms with E-state index in [1.807, 2.05) is 0 Å².